The second kappa shape index (κ2) is 3.20. The van der Waals surface area contributed by atoms with E-state index < -0.39 is 11.9 Å². The quantitative estimate of drug-likeness (QED) is 0.642. The maximum atomic E-state index is 9.56. The molecule has 4 nitrogen and oxygen atoms in total. The maximum absolute atomic E-state index is 9.56. The predicted molar refractivity (Wildman–Crippen MR) is 45.3 cm³/mol. The Labute approximate surface area is 77.8 Å². The number of rotatable bonds is 1. The molecule has 13 heavy (non-hydrogen) atoms. The molecule has 0 amide bonds. The summed E-state index contributed by atoms with van der Waals surface area (Å²) in [7, 11) is 0. The average molecular weight is 188 g/mol. The lowest BCUT2D eigenvalue weighted by molar-refractivity contribution is -0.157. The molecule has 76 valence electrons. The molecule has 2 heterocycles. The van der Waals surface area contributed by atoms with Gasteiger partial charge in [-0.25, -0.2) is 0 Å². The highest BCUT2D eigenvalue weighted by atomic mass is 16.7. The number of hydrogen-bond donors (Lipinski definition) is 1. The second-order valence-electron chi connectivity index (χ2n) is 4.06. The highest BCUT2D eigenvalue weighted by molar-refractivity contribution is 4.86. The van der Waals surface area contributed by atoms with Crippen LogP contribution in [0.5, 0.6) is 0 Å². The molecule has 4 heteroatoms. The van der Waals surface area contributed by atoms with Gasteiger partial charge in [0, 0.05) is 6.61 Å². The van der Waals surface area contributed by atoms with Gasteiger partial charge in [-0.05, 0) is 20.3 Å². The van der Waals surface area contributed by atoms with Gasteiger partial charge in [0.2, 0.25) is 0 Å². The van der Waals surface area contributed by atoms with Crippen molar-refractivity contribution in [3.05, 3.63) is 0 Å². The van der Waals surface area contributed by atoms with E-state index in [1.807, 2.05) is 13.8 Å². The lowest BCUT2D eigenvalue weighted by atomic mass is 10.1. The van der Waals surface area contributed by atoms with Crippen molar-refractivity contribution in [1.82, 2.24) is 0 Å². The maximum Gasteiger partial charge on any atom is 0.163 e. The molecule has 2 saturated heterocycles. The number of aliphatic hydroxyl groups is 1. The zero-order valence-corrected chi connectivity index (χ0v) is 8.03. The first-order valence-corrected chi connectivity index (χ1v) is 4.70. The van der Waals surface area contributed by atoms with E-state index in [1.54, 1.807) is 0 Å². The van der Waals surface area contributed by atoms with Gasteiger partial charge in [-0.2, -0.15) is 0 Å². The zero-order chi connectivity index (χ0) is 9.47. The molecule has 0 unspecified atom stereocenters. The van der Waals surface area contributed by atoms with Gasteiger partial charge in [0.25, 0.3) is 0 Å². The Morgan fingerprint density at radius 2 is 2.15 bits per heavy atom. The Bertz CT molecular complexity index is 192. The lowest BCUT2D eigenvalue weighted by Crippen LogP contribution is -2.37. The van der Waals surface area contributed by atoms with Gasteiger partial charge in [-0.15, -0.1) is 0 Å². The minimum atomic E-state index is -0.531. The number of ether oxygens (including phenoxy) is 3. The molecule has 2 fully saturated rings. The largest absolute Gasteiger partial charge is 0.390 e. The number of aliphatic hydroxyl groups excluding tert-OH is 1. The Kier molecular flexibility index (Phi) is 2.32. The van der Waals surface area contributed by atoms with E-state index in [1.165, 1.54) is 0 Å². The number of hydrogen-bond acceptors (Lipinski definition) is 4. The Morgan fingerprint density at radius 3 is 2.62 bits per heavy atom. The van der Waals surface area contributed by atoms with Gasteiger partial charge < -0.3 is 19.3 Å². The van der Waals surface area contributed by atoms with Crippen molar-refractivity contribution < 1.29 is 19.3 Å². The summed E-state index contributed by atoms with van der Waals surface area (Å²) in [5.74, 6) is -0.531. The zero-order valence-electron chi connectivity index (χ0n) is 8.03. The van der Waals surface area contributed by atoms with Crippen LogP contribution >= 0.6 is 0 Å². The Balaban J connectivity index is 1.95. The summed E-state index contributed by atoms with van der Waals surface area (Å²) < 4.78 is 16.4. The van der Waals surface area contributed by atoms with Crippen molar-refractivity contribution in [2.75, 3.05) is 13.2 Å². The Morgan fingerprint density at radius 1 is 1.38 bits per heavy atom. The molecule has 0 saturated carbocycles. The summed E-state index contributed by atoms with van der Waals surface area (Å²) in [5, 5.41) is 9.56. The van der Waals surface area contributed by atoms with E-state index in [2.05, 4.69) is 0 Å². The summed E-state index contributed by atoms with van der Waals surface area (Å²) in [6, 6.07) is 0. The van der Waals surface area contributed by atoms with Crippen LogP contribution in [0.2, 0.25) is 0 Å². The van der Waals surface area contributed by atoms with Gasteiger partial charge in [0.1, 0.15) is 12.2 Å². The Hall–Kier alpha value is -0.160. The smallest absolute Gasteiger partial charge is 0.163 e. The fourth-order valence-electron chi connectivity index (χ4n) is 1.83. The highest BCUT2D eigenvalue weighted by Crippen LogP contribution is 2.29. The van der Waals surface area contributed by atoms with Gasteiger partial charge in [-0.1, -0.05) is 0 Å². The third-order valence-electron chi connectivity index (χ3n) is 2.50. The molecule has 0 radical (unpaired) electrons. The normalized spacial score (nSPS) is 44.1. The lowest BCUT2D eigenvalue weighted by Gasteiger charge is -2.22. The van der Waals surface area contributed by atoms with Crippen molar-refractivity contribution in [3.63, 3.8) is 0 Å². The van der Waals surface area contributed by atoms with Gasteiger partial charge >= 0.3 is 0 Å². The molecule has 1 N–H and O–H groups in total. The molecule has 2 aliphatic heterocycles. The van der Waals surface area contributed by atoms with Crippen LogP contribution in [0.3, 0.4) is 0 Å². The van der Waals surface area contributed by atoms with Crippen molar-refractivity contribution in [3.8, 4) is 0 Å². The third kappa shape index (κ3) is 1.86. The summed E-state index contributed by atoms with van der Waals surface area (Å²) in [4.78, 5) is 0. The van der Waals surface area contributed by atoms with Crippen LogP contribution in [0.4, 0.5) is 0 Å². The molecular formula is C9H16O4. The van der Waals surface area contributed by atoms with Crippen LogP contribution < -0.4 is 0 Å². The summed E-state index contributed by atoms with van der Waals surface area (Å²) in [5.41, 5.74) is 0. The topological polar surface area (TPSA) is 47.9 Å². The first kappa shape index (κ1) is 9.40. The average Bonchev–Trinajstić information content (AvgIpc) is 2.56. The van der Waals surface area contributed by atoms with Crippen molar-refractivity contribution in [1.29, 1.82) is 0 Å². The van der Waals surface area contributed by atoms with E-state index in [9.17, 15) is 5.11 Å². The minimum Gasteiger partial charge on any atom is -0.390 e. The molecule has 3 atom stereocenters. The van der Waals surface area contributed by atoms with E-state index in [0.717, 1.165) is 0 Å². The molecule has 0 aromatic heterocycles. The molecule has 0 aromatic carbocycles. The summed E-state index contributed by atoms with van der Waals surface area (Å²) in [6.45, 7) is 4.86. The SMILES string of the molecule is CC1(C)OC[C@H]([C@H]2OCC[C@H]2O)O1. The van der Waals surface area contributed by atoms with E-state index in [-0.39, 0.29) is 12.2 Å². The minimum absolute atomic E-state index is 0.118. The van der Waals surface area contributed by atoms with Crippen molar-refractivity contribution in [2.45, 2.75) is 44.4 Å². The fourth-order valence-corrected chi connectivity index (χ4v) is 1.83. The molecule has 0 aliphatic carbocycles. The third-order valence-corrected chi connectivity index (χ3v) is 2.50. The van der Waals surface area contributed by atoms with Gasteiger partial charge in [0.15, 0.2) is 5.79 Å². The summed E-state index contributed by atoms with van der Waals surface area (Å²) in [6.07, 6.45) is -0.0258. The molecule has 2 rings (SSSR count). The molecular weight excluding hydrogens is 172 g/mol. The van der Waals surface area contributed by atoms with Gasteiger partial charge in [0.05, 0.1) is 12.7 Å². The first-order valence-electron chi connectivity index (χ1n) is 4.70. The highest BCUT2D eigenvalue weighted by Gasteiger charge is 2.42. The van der Waals surface area contributed by atoms with Crippen LogP contribution in [0.15, 0.2) is 0 Å². The monoisotopic (exact) mass is 188 g/mol. The van der Waals surface area contributed by atoms with E-state index in [4.69, 9.17) is 14.2 Å². The van der Waals surface area contributed by atoms with Crippen LogP contribution in [-0.4, -0.2) is 42.4 Å². The van der Waals surface area contributed by atoms with E-state index >= 15 is 0 Å². The van der Waals surface area contributed by atoms with Crippen LogP contribution in [0, 0.1) is 0 Å². The van der Waals surface area contributed by atoms with Crippen LogP contribution in [0.1, 0.15) is 20.3 Å². The fraction of sp³-hybridized carbons (Fsp3) is 1.00. The second-order valence-corrected chi connectivity index (χ2v) is 4.06. The van der Waals surface area contributed by atoms with Crippen LogP contribution in [0.25, 0.3) is 0 Å². The van der Waals surface area contributed by atoms with Crippen molar-refractivity contribution >= 4 is 0 Å². The molecule has 0 aromatic rings. The molecule has 0 bridgehead atoms. The molecule has 2 aliphatic rings. The summed E-state index contributed by atoms with van der Waals surface area (Å²) >= 11 is 0. The van der Waals surface area contributed by atoms with Gasteiger partial charge in [-0.3, -0.25) is 0 Å². The van der Waals surface area contributed by atoms with E-state index in [0.29, 0.717) is 19.6 Å². The van der Waals surface area contributed by atoms with Crippen LogP contribution in [-0.2, 0) is 14.2 Å². The molecule has 0 spiro atoms. The first-order chi connectivity index (χ1) is 6.08. The predicted octanol–water partition coefficient (Wildman–Crippen LogP) is 0.288. The standard InChI is InChI=1S/C9H16O4/c1-9(2)12-5-7(13-9)8-6(10)3-4-11-8/h6-8,10H,3-5H2,1-2H3/t6-,7-,8+/m1/s1. The van der Waals surface area contributed by atoms with Crippen molar-refractivity contribution in [2.24, 2.45) is 0 Å².